The molecule has 0 radical (unpaired) electrons. The predicted molar refractivity (Wildman–Crippen MR) is 122 cm³/mol. The van der Waals surface area contributed by atoms with Gasteiger partial charge in [-0.3, -0.25) is 0 Å². The summed E-state index contributed by atoms with van der Waals surface area (Å²) in [4.78, 5) is 17.5. The summed E-state index contributed by atoms with van der Waals surface area (Å²) >= 11 is 0. The Kier molecular flexibility index (Phi) is 7.48. The molecule has 8 heteroatoms. The molecule has 0 saturated heterocycles. The van der Waals surface area contributed by atoms with Crippen LogP contribution in [0.5, 0.6) is 17.5 Å². The van der Waals surface area contributed by atoms with Crippen LogP contribution in [-0.4, -0.2) is 44.9 Å². The zero-order chi connectivity index (χ0) is 22.2. The average molecular weight is 424 g/mol. The summed E-state index contributed by atoms with van der Waals surface area (Å²) in [5.41, 5.74) is 1.53. The summed E-state index contributed by atoms with van der Waals surface area (Å²) in [7, 11) is 0. The van der Waals surface area contributed by atoms with Gasteiger partial charge in [0.2, 0.25) is 11.9 Å². The molecular formula is C23H29N5O3. The van der Waals surface area contributed by atoms with Gasteiger partial charge in [-0.1, -0.05) is 25.5 Å². The van der Waals surface area contributed by atoms with Crippen LogP contribution >= 0.6 is 0 Å². The molecule has 0 unspecified atom stereocenters. The third-order valence-electron chi connectivity index (χ3n) is 4.72. The van der Waals surface area contributed by atoms with Crippen molar-refractivity contribution >= 4 is 23.3 Å². The minimum atomic E-state index is 0.166. The fourth-order valence-corrected chi connectivity index (χ4v) is 3.15. The molecule has 2 aromatic carbocycles. The van der Waals surface area contributed by atoms with Gasteiger partial charge in [-0.05, 0) is 44.5 Å². The van der Waals surface area contributed by atoms with Crippen LogP contribution in [0.2, 0.25) is 0 Å². The van der Waals surface area contributed by atoms with Crippen LogP contribution in [0.3, 0.4) is 0 Å². The minimum absolute atomic E-state index is 0.166. The smallest absolute Gasteiger partial charge is 0.323 e. The maximum absolute atomic E-state index is 9.92. The van der Waals surface area contributed by atoms with E-state index in [1.165, 1.54) is 0 Å². The molecule has 1 heterocycles. The van der Waals surface area contributed by atoms with Crippen molar-refractivity contribution in [2.24, 2.45) is 0 Å². The van der Waals surface area contributed by atoms with Gasteiger partial charge in [0, 0.05) is 36.6 Å². The van der Waals surface area contributed by atoms with Crippen molar-refractivity contribution in [2.75, 3.05) is 29.5 Å². The molecule has 0 aliphatic carbocycles. The number of aromatic hydroxyl groups is 2. The van der Waals surface area contributed by atoms with E-state index >= 15 is 0 Å². The first-order chi connectivity index (χ1) is 15.0. The number of phenols is 2. The first-order valence-electron chi connectivity index (χ1n) is 10.6. The van der Waals surface area contributed by atoms with Gasteiger partial charge in [0.1, 0.15) is 11.5 Å². The van der Waals surface area contributed by atoms with Crippen molar-refractivity contribution in [1.29, 1.82) is 0 Å². The van der Waals surface area contributed by atoms with Gasteiger partial charge in [0.15, 0.2) is 0 Å². The third kappa shape index (κ3) is 5.53. The van der Waals surface area contributed by atoms with Crippen LogP contribution in [0.15, 0.2) is 48.5 Å². The molecule has 0 saturated carbocycles. The molecule has 0 bridgehead atoms. The molecule has 0 aliphatic rings. The molecule has 0 atom stereocenters. The Bertz CT molecular complexity index is 927. The number of phenolic OH excluding ortho intramolecular Hbond substituents is 2. The summed E-state index contributed by atoms with van der Waals surface area (Å²) in [6.07, 6.45) is 1.89. The molecular weight excluding hydrogens is 394 g/mol. The van der Waals surface area contributed by atoms with Crippen molar-refractivity contribution < 1.29 is 14.9 Å². The van der Waals surface area contributed by atoms with Crippen LogP contribution in [-0.2, 0) is 0 Å². The fourth-order valence-electron chi connectivity index (χ4n) is 3.15. The molecule has 1 aromatic heterocycles. The summed E-state index contributed by atoms with van der Waals surface area (Å²) in [5, 5.41) is 19.8. The molecule has 164 valence electrons. The first-order valence-corrected chi connectivity index (χ1v) is 10.6. The SMILES string of the molecule is CCCCOc1nc(N(CC)c2cccc(O)c2)nc(N(CC)c2cccc(O)c2)n1. The van der Waals surface area contributed by atoms with Gasteiger partial charge in [0.05, 0.1) is 6.61 Å². The summed E-state index contributed by atoms with van der Waals surface area (Å²) in [6.45, 7) is 7.74. The highest BCUT2D eigenvalue weighted by molar-refractivity contribution is 5.63. The van der Waals surface area contributed by atoms with E-state index in [4.69, 9.17) is 9.72 Å². The number of anilines is 4. The monoisotopic (exact) mass is 423 g/mol. The first kappa shape index (κ1) is 22.1. The standard InChI is InChI=1S/C23H29N5O3/c1-4-7-14-31-23-25-21(27(5-2)17-10-8-12-19(29)15-17)24-22(26-23)28(6-3)18-11-9-13-20(30)16-18/h8-13,15-16,29-30H,4-7,14H2,1-3H3. The van der Waals surface area contributed by atoms with Gasteiger partial charge in [-0.2, -0.15) is 15.0 Å². The zero-order valence-corrected chi connectivity index (χ0v) is 18.2. The number of hydrogen-bond acceptors (Lipinski definition) is 8. The average Bonchev–Trinajstić information content (AvgIpc) is 2.75. The highest BCUT2D eigenvalue weighted by Crippen LogP contribution is 2.30. The minimum Gasteiger partial charge on any atom is -0.508 e. The number of rotatable bonds is 10. The van der Waals surface area contributed by atoms with Crippen LogP contribution in [0.25, 0.3) is 0 Å². The van der Waals surface area contributed by atoms with Crippen molar-refractivity contribution in [3.05, 3.63) is 48.5 Å². The Balaban J connectivity index is 2.06. The van der Waals surface area contributed by atoms with Crippen molar-refractivity contribution in [1.82, 2.24) is 15.0 Å². The summed E-state index contributed by atoms with van der Waals surface area (Å²) < 4.78 is 5.82. The Labute approximate surface area is 182 Å². The van der Waals surface area contributed by atoms with Gasteiger partial charge < -0.3 is 24.7 Å². The van der Waals surface area contributed by atoms with Crippen LogP contribution < -0.4 is 14.5 Å². The van der Waals surface area contributed by atoms with E-state index < -0.39 is 0 Å². The van der Waals surface area contributed by atoms with Crippen LogP contribution in [0.4, 0.5) is 23.3 Å². The fraction of sp³-hybridized carbons (Fsp3) is 0.348. The lowest BCUT2D eigenvalue weighted by molar-refractivity contribution is 0.285. The lowest BCUT2D eigenvalue weighted by Gasteiger charge is -2.25. The molecule has 0 spiro atoms. The second kappa shape index (κ2) is 10.5. The van der Waals surface area contributed by atoms with E-state index in [2.05, 4.69) is 16.9 Å². The highest BCUT2D eigenvalue weighted by Gasteiger charge is 2.19. The number of unbranched alkanes of at least 4 members (excludes halogenated alkanes) is 1. The number of ether oxygens (including phenoxy) is 1. The van der Waals surface area contributed by atoms with Crippen molar-refractivity contribution in [3.63, 3.8) is 0 Å². The summed E-state index contributed by atoms with van der Waals surface area (Å²) in [5.74, 6) is 1.17. The van der Waals surface area contributed by atoms with E-state index in [1.807, 2.05) is 35.8 Å². The Morgan fingerprint density at radius 1 is 0.774 bits per heavy atom. The van der Waals surface area contributed by atoms with Gasteiger partial charge in [0.25, 0.3) is 0 Å². The zero-order valence-electron chi connectivity index (χ0n) is 18.2. The largest absolute Gasteiger partial charge is 0.508 e. The highest BCUT2D eigenvalue weighted by atomic mass is 16.5. The predicted octanol–water partition coefficient (Wildman–Crippen LogP) is 4.78. The molecule has 31 heavy (non-hydrogen) atoms. The number of hydrogen-bond donors (Lipinski definition) is 2. The van der Waals surface area contributed by atoms with Crippen LogP contribution in [0.1, 0.15) is 33.6 Å². The van der Waals surface area contributed by atoms with E-state index in [-0.39, 0.29) is 17.5 Å². The third-order valence-corrected chi connectivity index (χ3v) is 4.72. The second-order valence-corrected chi connectivity index (χ2v) is 6.95. The second-order valence-electron chi connectivity index (χ2n) is 6.95. The molecule has 3 aromatic rings. The molecule has 8 nitrogen and oxygen atoms in total. The quantitative estimate of drug-likeness (QED) is 0.450. The maximum atomic E-state index is 9.92. The van der Waals surface area contributed by atoms with Crippen molar-refractivity contribution in [3.8, 4) is 17.5 Å². The maximum Gasteiger partial charge on any atom is 0.323 e. The molecule has 0 aliphatic heterocycles. The normalized spacial score (nSPS) is 10.7. The number of nitrogens with zero attached hydrogens (tertiary/aromatic N) is 5. The summed E-state index contributed by atoms with van der Waals surface area (Å²) in [6, 6.07) is 14.1. The van der Waals surface area contributed by atoms with E-state index in [1.54, 1.807) is 36.4 Å². The Hall–Kier alpha value is -3.55. The lowest BCUT2D eigenvalue weighted by Crippen LogP contribution is -2.24. The lowest BCUT2D eigenvalue weighted by atomic mass is 10.2. The Morgan fingerprint density at radius 3 is 1.71 bits per heavy atom. The van der Waals surface area contributed by atoms with E-state index in [0.29, 0.717) is 31.6 Å². The molecule has 0 amide bonds. The van der Waals surface area contributed by atoms with Crippen molar-refractivity contribution in [2.45, 2.75) is 33.6 Å². The van der Waals surface area contributed by atoms with Gasteiger partial charge >= 0.3 is 6.01 Å². The Morgan fingerprint density at radius 2 is 1.29 bits per heavy atom. The van der Waals surface area contributed by atoms with E-state index in [9.17, 15) is 10.2 Å². The van der Waals surface area contributed by atoms with E-state index in [0.717, 1.165) is 24.2 Å². The topological polar surface area (TPSA) is 94.8 Å². The molecule has 3 rings (SSSR count). The number of benzene rings is 2. The van der Waals surface area contributed by atoms with Crippen LogP contribution in [0, 0.1) is 0 Å². The van der Waals surface area contributed by atoms with Gasteiger partial charge in [-0.25, -0.2) is 0 Å². The molecule has 2 N–H and O–H groups in total. The number of aromatic nitrogens is 3. The van der Waals surface area contributed by atoms with Gasteiger partial charge in [-0.15, -0.1) is 0 Å². The molecule has 0 fully saturated rings.